The molecule has 1 atom stereocenters. The molecular weight excluding hydrogens is 393 g/mol. The Morgan fingerprint density at radius 1 is 1.00 bits per heavy atom. The molecule has 0 saturated heterocycles. The summed E-state index contributed by atoms with van der Waals surface area (Å²) in [5, 5.41) is 14.0. The Kier molecular flexibility index (Phi) is 5.17. The van der Waals surface area contributed by atoms with Crippen LogP contribution >= 0.6 is 0 Å². The summed E-state index contributed by atoms with van der Waals surface area (Å²) in [6.45, 7) is 3.73. The first-order valence-corrected chi connectivity index (χ1v) is 9.36. The monoisotopic (exact) mass is 412 g/mol. The Morgan fingerprint density at radius 2 is 1.70 bits per heavy atom. The van der Waals surface area contributed by atoms with Crippen molar-refractivity contribution in [2.45, 2.75) is 26.1 Å². The Hall–Kier alpha value is -3.39. The summed E-state index contributed by atoms with van der Waals surface area (Å²) in [6, 6.07) is 7.86. The van der Waals surface area contributed by atoms with E-state index in [0.717, 1.165) is 18.3 Å². The highest BCUT2D eigenvalue weighted by Gasteiger charge is 2.32. The van der Waals surface area contributed by atoms with Crippen LogP contribution in [0.25, 0.3) is 11.6 Å². The Bertz CT molecular complexity index is 1100. The van der Waals surface area contributed by atoms with Gasteiger partial charge in [0, 0.05) is 29.4 Å². The Morgan fingerprint density at radius 3 is 2.33 bits per heavy atom. The van der Waals surface area contributed by atoms with Crippen LogP contribution in [0.15, 0.2) is 48.8 Å². The van der Waals surface area contributed by atoms with E-state index in [1.165, 1.54) is 24.3 Å². The molecular formula is C22H19F3N4O. The molecule has 0 spiro atoms. The number of nitrogens with zero attached hydrogens (tertiary/aromatic N) is 3. The molecule has 5 nitrogen and oxygen atoms in total. The third kappa shape index (κ3) is 3.61. The second-order valence-corrected chi connectivity index (χ2v) is 7.19. The van der Waals surface area contributed by atoms with Gasteiger partial charge in [-0.1, -0.05) is 6.07 Å². The highest BCUT2D eigenvalue weighted by molar-refractivity contribution is 5.93. The lowest BCUT2D eigenvalue weighted by molar-refractivity contribution is 0.215. The summed E-state index contributed by atoms with van der Waals surface area (Å²) >= 11 is 0. The first-order chi connectivity index (χ1) is 14.3. The zero-order valence-electron chi connectivity index (χ0n) is 16.3. The fourth-order valence-corrected chi connectivity index (χ4v) is 3.50. The molecule has 3 heterocycles. The van der Waals surface area contributed by atoms with Crippen LogP contribution in [-0.2, 0) is 0 Å². The van der Waals surface area contributed by atoms with E-state index in [1.807, 2.05) is 13.8 Å². The zero-order valence-corrected chi connectivity index (χ0v) is 16.3. The van der Waals surface area contributed by atoms with Crippen molar-refractivity contribution in [1.29, 1.82) is 0 Å². The molecule has 1 unspecified atom stereocenters. The van der Waals surface area contributed by atoms with E-state index in [9.17, 15) is 18.3 Å². The molecule has 0 aliphatic carbocycles. The lowest BCUT2D eigenvalue weighted by Crippen LogP contribution is -2.43. The second kappa shape index (κ2) is 7.79. The average Bonchev–Trinajstić information content (AvgIpc) is 2.70. The van der Waals surface area contributed by atoms with Gasteiger partial charge in [-0.15, -0.1) is 0 Å². The number of hydrogen-bond donors (Lipinski definition) is 2. The molecule has 30 heavy (non-hydrogen) atoms. The van der Waals surface area contributed by atoms with E-state index in [-0.39, 0.29) is 17.2 Å². The molecule has 1 aromatic carbocycles. The van der Waals surface area contributed by atoms with E-state index in [1.54, 1.807) is 17.2 Å². The van der Waals surface area contributed by atoms with Gasteiger partial charge in [-0.25, -0.2) is 23.1 Å². The van der Waals surface area contributed by atoms with Gasteiger partial charge in [-0.2, -0.15) is 0 Å². The van der Waals surface area contributed by atoms with Gasteiger partial charge in [-0.05, 0) is 44.2 Å². The number of aliphatic hydroxyl groups excluding tert-OH is 1. The molecule has 154 valence electrons. The van der Waals surface area contributed by atoms with Gasteiger partial charge >= 0.3 is 0 Å². The van der Waals surface area contributed by atoms with Crippen LogP contribution in [0, 0.1) is 17.5 Å². The van der Waals surface area contributed by atoms with E-state index in [0.29, 0.717) is 22.9 Å². The van der Waals surface area contributed by atoms with Crippen LogP contribution in [0.5, 0.6) is 0 Å². The van der Waals surface area contributed by atoms with Gasteiger partial charge < -0.3 is 15.3 Å². The minimum absolute atomic E-state index is 0.120. The van der Waals surface area contributed by atoms with Crippen molar-refractivity contribution in [3.8, 4) is 0 Å². The molecule has 2 N–H and O–H groups in total. The zero-order chi connectivity index (χ0) is 21.4. The van der Waals surface area contributed by atoms with Crippen LogP contribution < -0.4 is 10.2 Å². The first kappa shape index (κ1) is 19.9. The third-order valence-corrected chi connectivity index (χ3v) is 4.83. The molecule has 3 aromatic rings. The summed E-state index contributed by atoms with van der Waals surface area (Å²) in [5.74, 6) is -1.12. The van der Waals surface area contributed by atoms with Gasteiger partial charge in [0.2, 0.25) is 0 Å². The van der Waals surface area contributed by atoms with E-state index in [4.69, 9.17) is 0 Å². The number of anilines is 3. The molecule has 0 radical (unpaired) electrons. The highest BCUT2D eigenvalue weighted by Crippen LogP contribution is 2.39. The summed E-state index contributed by atoms with van der Waals surface area (Å²) < 4.78 is 41.8. The van der Waals surface area contributed by atoms with Crippen molar-refractivity contribution in [1.82, 2.24) is 9.97 Å². The summed E-state index contributed by atoms with van der Waals surface area (Å²) in [4.78, 5) is 9.91. The number of nitrogens with one attached hydrogen (secondary N) is 1. The normalized spacial score (nSPS) is 15.8. The lowest BCUT2D eigenvalue weighted by Gasteiger charge is -2.39. The maximum atomic E-state index is 14.4. The quantitative estimate of drug-likeness (QED) is 0.649. The van der Waals surface area contributed by atoms with Gasteiger partial charge in [0.25, 0.3) is 0 Å². The van der Waals surface area contributed by atoms with Gasteiger partial charge in [0.1, 0.15) is 29.1 Å². The summed E-state index contributed by atoms with van der Waals surface area (Å²) in [7, 11) is 0. The lowest BCUT2D eigenvalue weighted by atomic mass is 9.94. The van der Waals surface area contributed by atoms with Crippen molar-refractivity contribution in [2.24, 2.45) is 0 Å². The minimum atomic E-state index is -1.26. The molecule has 8 heteroatoms. The number of aromatic nitrogens is 2. The summed E-state index contributed by atoms with van der Waals surface area (Å²) in [5.41, 5.74) is 1.09. The van der Waals surface area contributed by atoms with Crippen molar-refractivity contribution < 1.29 is 18.3 Å². The number of fused-ring (bicyclic) bond motifs is 1. The number of halogens is 3. The predicted octanol–water partition coefficient (Wildman–Crippen LogP) is 4.72. The first-order valence-electron chi connectivity index (χ1n) is 9.36. The van der Waals surface area contributed by atoms with Gasteiger partial charge in [-0.3, -0.25) is 0 Å². The third-order valence-electron chi connectivity index (χ3n) is 4.83. The molecule has 1 aliphatic heterocycles. The minimum Gasteiger partial charge on any atom is -0.369 e. The fraction of sp³-hybridized carbons (Fsp3) is 0.182. The summed E-state index contributed by atoms with van der Waals surface area (Å²) in [6.07, 6.45) is 2.90. The van der Waals surface area contributed by atoms with Crippen molar-refractivity contribution >= 4 is 29.0 Å². The number of aliphatic hydroxyl groups is 1. The molecule has 0 saturated carbocycles. The topological polar surface area (TPSA) is 61.3 Å². The molecule has 0 amide bonds. The molecule has 4 rings (SSSR count). The highest BCUT2D eigenvalue weighted by atomic mass is 19.1. The number of pyridine rings is 2. The standard InChI is InChI=1S/C22H19F3N4O/c1-12(2)29-18-9-20(28-19-7-6-14(23)11-27-19)26-10-13(18)8-15(22(29)30)21-16(24)4-3-5-17(21)25/h3-12,22,30H,1-2H3,(H,26,27,28). The molecule has 2 aromatic heterocycles. The van der Waals surface area contributed by atoms with Crippen LogP contribution in [0.1, 0.15) is 25.0 Å². The largest absolute Gasteiger partial charge is 0.369 e. The number of rotatable bonds is 4. The van der Waals surface area contributed by atoms with Crippen molar-refractivity contribution in [3.63, 3.8) is 0 Å². The maximum Gasteiger partial charge on any atom is 0.154 e. The van der Waals surface area contributed by atoms with Crippen molar-refractivity contribution in [3.05, 3.63) is 77.4 Å². The average molecular weight is 412 g/mol. The number of hydrogen-bond acceptors (Lipinski definition) is 5. The van der Waals surface area contributed by atoms with Crippen molar-refractivity contribution in [2.75, 3.05) is 10.2 Å². The van der Waals surface area contributed by atoms with Crippen LogP contribution in [0.2, 0.25) is 0 Å². The van der Waals surface area contributed by atoms with E-state index >= 15 is 0 Å². The van der Waals surface area contributed by atoms with Crippen LogP contribution in [-0.4, -0.2) is 27.3 Å². The van der Waals surface area contributed by atoms with Crippen LogP contribution in [0.4, 0.5) is 30.5 Å². The second-order valence-electron chi connectivity index (χ2n) is 7.19. The Balaban J connectivity index is 1.78. The van der Waals surface area contributed by atoms with E-state index in [2.05, 4.69) is 15.3 Å². The molecule has 1 aliphatic rings. The molecule has 0 bridgehead atoms. The van der Waals surface area contributed by atoms with E-state index < -0.39 is 23.7 Å². The van der Waals surface area contributed by atoms with Crippen LogP contribution in [0.3, 0.4) is 0 Å². The molecule has 0 fully saturated rings. The fourth-order valence-electron chi connectivity index (χ4n) is 3.50. The van der Waals surface area contributed by atoms with Gasteiger partial charge in [0.15, 0.2) is 6.23 Å². The number of benzene rings is 1. The maximum absolute atomic E-state index is 14.4. The Labute approximate surface area is 171 Å². The smallest absolute Gasteiger partial charge is 0.154 e. The SMILES string of the molecule is CC(C)N1c2cc(Nc3ccc(F)cn3)ncc2C=C(c2c(F)cccc2F)C1O. The predicted molar refractivity (Wildman–Crippen MR) is 110 cm³/mol. The van der Waals surface area contributed by atoms with Gasteiger partial charge in [0.05, 0.1) is 17.4 Å².